The molecular formula is C23H37N3O5. The van der Waals surface area contributed by atoms with Gasteiger partial charge in [-0.1, -0.05) is 30.3 Å². The molecule has 0 fully saturated rings. The van der Waals surface area contributed by atoms with E-state index in [9.17, 15) is 19.5 Å². The lowest BCUT2D eigenvalue weighted by Gasteiger charge is -2.27. The van der Waals surface area contributed by atoms with E-state index >= 15 is 0 Å². The molecule has 0 spiro atoms. The third kappa shape index (κ3) is 12.0. The molecule has 174 valence electrons. The molecule has 1 rings (SSSR count). The van der Waals surface area contributed by atoms with Crippen LogP contribution in [0.4, 0.5) is 4.79 Å². The number of rotatable bonds is 11. The van der Waals surface area contributed by atoms with Gasteiger partial charge in [0, 0.05) is 33.5 Å². The summed E-state index contributed by atoms with van der Waals surface area (Å²) in [6, 6.07) is 9.18. The molecule has 0 aliphatic rings. The number of ether oxygens (including phenoxy) is 1. The van der Waals surface area contributed by atoms with Crippen molar-refractivity contribution < 1.29 is 24.2 Å². The summed E-state index contributed by atoms with van der Waals surface area (Å²) >= 11 is 0. The zero-order valence-electron chi connectivity index (χ0n) is 19.3. The van der Waals surface area contributed by atoms with Crippen LogP contribution in [0.3, 0.4) is 0 Å². The summed E-state index contributed by atoms with van der Waals surface area (Å²) < 4.78 is 5.25. The van der Waals surface area contributed by atoms with Crippen molar-refractivity contribution in [2.45, 2.75) is 70.6 Å². The molecule has 0 aliphatic heterocycles. The number of hydrogen-bond donors (Lipinski definition) is 3. The van der Waals surface area contributed by atoms with Gasteiger partial charge in [-0.05, 0) is 45.6 Å². The number of amides is 3. The van der Waals surface area contributed by atoms with Gasteiger partial charge >= 0.3 is 6.09 Å². The highest BCUT2D eigenvalue weighted by molar-refractivity contribution is 5.76. The number of aryl methyl sites for hydroxylation is 1. The predicted molar refractivity (Wildman–Crippen MR) is 119 cm³/mol. The highest BCUT2D eigenvalue weighted by atomic mass is 16.6. The number of aliphatic hydroxyl groups is 1. The molecule has 0 aromatic heterocycles. The smallest absolute Gasteiger partial charge is 0.407 e. The second-order valence-corrected chi connectivity index (χ2v) is 8.79. The van der Waals surface area contributed by atoms with E-state index in [1.807, 2.05) is 30.3 Å². The molecule has 0 bridgehead atoms. The molecule has 0 radical (unpaired) electrons. The van der Waals surface area contributed by atoms with Crippen molar-refractivity contribution in [3.05, 3.63) is 35.9 Å². The summed E-state index contributed by atoms with van der Waals surface area (Å²) in [6.07, 6.45) is 0.472. The minimum absolute atomic E-state index is 0.0270. The van der Waals surface area contributed by atoms with Crippen molar-refractivity contribution in [3.63, 3.8) is 0 Å². The van der Waals surface area contributed by atoms with E-state index in [0.717, 1.165) is 6.42 Å². The summed E-state index contributed by atoms with van der Waals surface area (Å²) in [4.78, 5) is 37.6. The van der Waals surface area contributed by atoms with Crippen LogP contribution in [0.25, 0.3) is 0 Å². The maximum atomic E-state index is 12.1. The highest BCUT2D eigenvalue weighted by Crippen LogP contribution is 2.10. The summed E-state index contributed by atoms with van der Waals surface area (Å²) in [5.74, 6) is -0.288. The molecule has 3 N–H and O–H groups in total. The molecule has 0 saturated heterocycles. The Morgan fingerprint density at radius 3 is 2.32 bits per heavy atom. The van der Waals surface area contributed by atoms with E-state index in [1.165, 1.54) is 10.5 Å². The Kier molecular flexibility index (Phi) is 11.0. The Labute approximate surface area is 185 Å². The number of nitrogens with zero attached hydrogens (tertiary/aromatic N) is 1. The van der Waals surface area contributed by atoms with E-state index in [0.29, 0.717) is 12.8 Å². The van der Waals surface area contributed by atoms with Crippen LogP contribution in [0, 0.1) is 0 Å². The molecule has 8 nitrogen and oxygen atoms in total. The maximum absolute atomic E-state index is 12.1. The second-order valence-electron chi connectivity index (χ2n) is 8.79. The van der Waals surface area contributed by atoms with Crippen LogP contribution in [-0.2, 0) is 20.7 Å². The molecular weight excluding hydrogens is 398 g/mol. The first kappa shape index (κ1) is 26.4. The van der Waals surface area contributed by atoms with E-state index < -0.39 is 23.8 Å². The van der Waals surface area contributed by atoms with Gasteiger partial charge in [0.25, 0.3) is 0 Å². The first-order valence-corrected chi connectivity index (χ1v) is 10.7. The van der Waals surface area contributed by atoms with Gasteiger partial charge < -0.3 is 25.4 Å². The van der Waals surface area contributed by atoms with Crippen LogP contribution in [0.2, 0.25) is 0 Å². The van der Waals surface area contributed by atoms with Crippen molar-refractivity contribution >= 4 is 17.9 Å². The minimum Gasteiger partial charge on any atom is -0.444 e. The van der Waals surface area contributed by atoms with Crippen LogP contribution in [0.1, 0.15) is 52.0 Å². The normalized spacial score (nSPS) is 13.1. The van der Waals surface area contributed by atoms with E-state index in [-0.39, 0.29) is 31.2 Å². The second kappa shape index (κ2) is 12.9. The van der Waals surface area contributed by atoms with Gasteiger partial charge in [0.2, 0.25) is 11.8 Å². The molecule has 0 heterocycles. The van der Waals surface area contributed by atoms with Crippen LogP contribution in [-0.4, -0.2) is 66.3 Å². The Bertz CT molecular complexity index is 701. The number of aliphatic hydroxyl groups excluding tert-OH is 1. The zero-order valence-corrected chi connectivity index (χ0v) is 19.3. The van der Waals surface area contributed by atoms with E-state index in [4.69, 9.17) is 4.74 Å². The monoisotopic (exact) mass is 435 g/mol. The quantitative estimate of drug-likeness (QED) is 0.494. The van der Waals surface area contributed by atoms with E-state index in [1.54, 1.807) is 34.9 Å². The number of carbonyl (C=O) groups excluding carboxylic acids is 3. The lowest BCUT2D eigenvalue weighted by molar-refractivity contribution is -0.129. The molecule has 0 saturated carbocycles. The van der Waals surface area contributed by atoms with Gasteiger partial charge in [-0.15, -0.1) is 0 Å². The summed E-state index contributed by atoms with van der Waals surface area (Å²) in [6.45, 7) is 5.19. The average molecular weight is 436 g/mol. The fourth-order valence-corrected chi connectivity index (χ4v) is 2.87. The van der Waals surface area contributed by atoms with Gasteiger partial charge in [0.1, 0.15) is 5.60 Å². The van der Waals surface area contributed by atoms with Crippen molar-refractivity contribution in [2.24, 2.45) is 0 Å². The number of hydrogen-bond acceptors (Lipinski definition) is 5. The first-order chi connectivity index (χ1) is 14.5. The Balaban J connectivity index is 2.53. The van der Waals surface area contributed by atoms with Gasteiger partial charge in [0.05, 0.1) is 12.1 Å². The molecule has 1 aromatic rings. The Morgan fingerprint density at radius 2 is 1.74 bits per heavy atom. The van der Waals surface area contributed by atoms with Gasteiger partial charge in [-0.3, -0.25) is 9.59 Å². The van der Waals surface area contributed by atoms with Crippen LogP contribution in [0.5, 0.6) is 0 Å². The molecule has 8 heteroatoms. The SMILES string of the molecule is CN(C)C(=O)CC[C@H](NC(=O)OC(C)(C)C)C(O)CNC(=O)CCCc1ccccc1. The molecule has 0 aliphatic carbocycles. The fraction of sp³-hybridized carbons (Fsp3) is 0.609. The zero-order chi connectivity index (χ0) is 23.4. The predicted octanol–water partition coefficient (Wildman–Crippen LogP) is 2.25. The maximum Gasteiger partial charge on any atom is 0.407 e. The van der Waals surface area contributed by atoms with Crippen molar-refractivity contribution in [2.75, 3.05) is 20.6 Å². The molecule has 1 unspecified atom stereocenters. The van der Waals surface area contributed by atoms with Crippen LogP contribution >= 0.6 is 0 Å². The fourth-order valence-electron chi connectivity index (χ4n) is 2.87. The number of alkyl carbamates (subject to hydrolysis) is 1. The lowest BCUT2D eigenvalue weighted by atomic mass is 10.0. The van der Waals surface area contributed by atoms with Gasteiger partial charge in [-0.25, -0.2) is 4.79 Å². The summed E-state index contributed by atoms with van der Waals surface area (Å²) in [5.41, 5.74) is 0.481. The number of benzene rings is 1. The van der Waals surface area contributed by atoms with Gasteiger partial charge in [-0.2, -0.15) is 0 Å². The third-order valence-corrected chi connectivity index (χ3v) is 4.56. The first-order valence-electron chi connectivity index (χ1n) is 10.7. The molecule has 2 atom stereocenters. The lowest BCUT2D eigenvalue weighted by Crippen LogP contribution is -2.49. The molecule has 3 amide bonds. The summed E-state index contributed by atoms with van der Waals surface area (Å²) in [5, 5.41) is 15.9. The largest absolute Gasteiger partial charge is 0.444 e. The number of nitrogens with one attached hydrogen (secondary N) is 2. The number of carbonyl (C=O) groups is 3. The van der Waals surface area contributed by atoms with E-state index in [2.05, 4.69) is 10.6 Å². The Morgan fingerprint density at radius 1 is 1.10 bits per heavy atom. The van der Waals surface area contributed by atoms with Crippen molar-refractivity contribution in [1.29, 1.82) is 0 Å². The average Bonchev–Trinajstić information content (AvgIpc) is 2.68. The van der Waals surface area contributed by atoms with Gasteiger partial charge in [0.15, 0.2) is 0 Å². The molecule has 1 aromatic carbocycles. The van der Waals surface area contributed by atoms with Crippen molar-refractivity contribution in [3.8, 4) is 0 Å². The molecule has 31 heavy (non-hydrogen) atoms. The minimum atomic E-state index is -1.06. The van der Waals surface area contributed by atoms with Crippen molar-refractivity contribution in [1.82, 2.24) is 15.5 Å². The Hall–Kier alpha value is -2.61. The standard InChI is InChI=1S/C23H37N3O5/c1-23(2,3)31-22(30)25-18(14-15-21(29)26(4)5)19(27)16-24-20(28)13-9-12-17-10-7-6-8-11-17/h6-8,10-11,18-19,27H,9,12-16H2,1-5H3,(H,24,28)(H,25,30)/t18-,19?/m0/s1. The van der Waals surface area contributed by atoms with Crippen LogP contribution < -0.4 is 10.6 Å². The highest BCUT2D eigenvalue weighted by Gasteiger charge is 2.26. The van der Waals surface area contributed by atoms with Crippen LogP contribution in [0.15, 0.2) is 30.3 Å². The summed E-state index contributed by atoms with van der Waals surface area (Å²) in [7, 11) is 3.29. The topological polar surface area (TPSA) is 108 Å². The third-order valence-electron chi connectivity index (χ3n) is 4.56.